The lowest BCUT2D eigenvalue weighted by atomic mass is 9.75. The number of hydrogen-bond donors (Lipinski definition) is 1. The van der Waals surface area contributed by atoms with Crippen molar-refractivity contribution in [1.82, 2.24) is 0 Å². The Morgan fingerprint density at radius 2 is 2.31 bits per heavy atom. The lowest BCUT2D eigenvalue weighted by molar-refractivity contribution is -0.138. The fourth-order valence-corrected chi connectivity index (χ4v) is 2.88. The second-order valence-corrected chi connectivity index (χ2v) is 4.90. The Balaban J connectivity index is 2.28. The highest BCUT2D eigenvalue weighted by atomic mass is 35.5. The highest BCUT2D eigenvalue weighted by Crippen LogP contribution is 2.40. The van der Waals surface area contributed by atoms with Crippen LogP contribution < -0.4 is 0 Å². The van der Waals surface area contributed by atoms with Gasteiger partial charge in [0.25, 0.3) is 0 Å². The zero-order valence-electron chi connectivity index (χ0n) is 9.24. The molecule has 0 radical (unpaired) electrons. The van der Waals surface area contributed by atoms with Gasteiger partial charge in [0, 0.05) is 11.4 Å². The van der Waals surface area contributed by atoms with Gasteiger partial charge < -0.3 is 5.11 Å². The average Bonchev–Trinajstić information content (AvgIpc) is 2.23. The summed E-state index contributed by atoms with van der Waals surface area (Å²) in [5.41, 5.74) is 2.43. The van der Waals surface area contributed by atoms with Crippen molar-refractivity contribution < 1.29 is 9.90 Å². The van der Waals surface area contributed by atoms with Crippen LogP contribution >= 0.6 is 11.6 Å². The summed E-state index contributed by atoms with van der Waals surface area (Å²) in [7, 11) is 0. The van der Waals surface area contributed by atoms with Crippen molar-refractivity contribution in [2.75, 3.05) is 0 Å². The summed E-state index contributed by atoms with van der Waals surface area (Å²) in [6, 6.07) is 5.92. The van der Waals surface area contributed by atoms with Gasteiger partial charge in [0.1, 0.15) is 0 Å². The molecule has 2 nitrogen and oxygen atoms in total. The summed E-state index contributed by atoms with van der Waals surface area (Å²) < 4.78 is 0. The molecule has 1 aliphatic rings. The molecule has 86 valence electrons. The molecule has 1 aliphatic carbocycles. The Bertz CT molecular complexity index is 414. The third-order valence-corrected chi connectivity index (χ3v) is 3.91. The molecule has 1 N–H and O–H groups in total. The molecule has 0 saturated heterocycles. The first-order valence-electron chi connectivity index (χ1n) is 5.58. The number of fused-ring (bicyclic) bond motifs is 1. The summed E-state index contributed by atoms with van der Waals surface area (Å²) in [5, 5.41) is 9.68. The van der Waals surface area contributed by atoms with Crippen molar-refractivity contribution in [3.8, 4) is 0 Å². The van der Waals surface area contributed by atoms with Gasteiger partial charge in [-0.1, -0.05) is 30.7 Å². The maximum atomic E-state index is 10.8. The molecule has 1 aromatic carbocycles. The highest BCUT2D eigenvalue weighted by Gasteiger charge is 2.28. The van der Waals surface area contributed by atoms with Gasteiger partial charge in [-0.3, -0.25) is 4.79 Å². The van der Waals surface area contributed by atoms with Crippen LogP contribution in [0.5, 0.6) is 0 Å². The van der Waals surface area contributed by atoms with Crippen LogP contribution in [-0.2, 0) is 11.2 Å². The van der Waals surface area contributed by atoms with Crippen LogP contribution in [0.4, 0.5) is 0 Å². The third kappa shape index (κ3) is 2.07. The Labute approximate surface area is 100 Å². The van der Waals surface area contributed by atoms with E-state index in [9.17, 15) is 4.79 Å². The van der Waals surface area contributed by atoms with Crippen LogP contribution in [0.3, 0.4) is 0 Å². The molecule has 0 amide bonds. The summed E-state index contributed by atoms with van der Waals surface area (Å²) in [5.74, 6) is -0.177. The van der Waals surface area contributed by atoms with Gasteiger partial charge in [-0.15, -0.1) is 0 Å². The molecular weight excluding hydrogens is 224 g/mol. The number of hydrogen-bond acceptors (Lipinski definition) is 1. The molecule has 2 atom stereocenters. The second kappa shape index (κ2) is 4.46. The van der Waals surface area contributed by atoms with E-state index in [0.29, 0.717) is 5.92 Å². The number of carbonyl (C=O) groups is 1. The van der Waals surface area contributed by atoms with Gasteiger partial charge in [-0.25, -0.2) is 0 Å². The predicted octanol–water partition coefficient (Wildman–Crippen LogP) is 3.48. The highest BCUT2D eigenvalue weighted by molar-refractivity contribution is 6.31. The minimum atomic E-state index is -0.706. The van der Waals surface area contributed by atoms with E-state index in [0.717, 1.165) is 17.9 Å². The summed E-state index contributed by atoms with van der Waals surface area (Å²) in [6.45, 7) is 2.10. The van der Waals surface area contributed by atoms with Gasteiger partial charge in [-0.05, 0) is 41.9 Å². The van der Waals surface area contributed by atoms with Crippen molar-refractivity contribution in [2.24, 2.45) is 5.92 Å². The van der Waals surface area contributed by atoms with E-state index in [2.05, 4.69) is 13.0 Å². The molecule has 2 unspecified atom stereocenters. The zero-order valence-corrected chi connectivity index (χ0v) is 10.00. The Morgan fingerprint density at radius 1 is 1.56 bits per heavy atom. The summed E-state index contributed by atoms with van der Waals surface area (Å²) in [6.07, 6.45) is 2.08. The van der Waals surface area contributed by atoms with E-state index in [-0.39, 0.29) is 12.3 Å². The molecule has 0 heterocycles. The fraction of sp³-hybridized carbons (Fsp3) is 0.462. The third-order valence-electron chi connectivity index (χ3n) is 3.55. The lowest BCUT2D eigenvalue weighted by Gasteiger charge is -2.30. The lowest BCUT2D eigenvalue weighted by Crippen LogP contribution is -2.21. The molecule has 0 saturated carbocycles. The molecular formula is C13H15ClO2. The van der Waals surface area contributed by atoms with E-state index in [1.807, 2.05) is 12.1 Å². The van der Waals surface area contributed by atoms with Gasteiger partial charge >= 0.3 is 5.97 Å². The van der Waals surface area contributed by atoms with Crippen LogP contribution in [0, 0.1) is 5.92 Å². The monoisotopic (exact) mass is 238 g/mol. The summed E-state index contributed by atoms with van der Waals surface area (Å²) >= 11 is 6.14. The standard InChI is InChI=1S/C13H15ClO2/c1-8-9(7-13(15)16)5-6-11-10(8)3-2-4-12(11)14/h2-4,8-9H,5-7H2,1H3,(H,15,16). The first kappa shape index (κ1) is 11.5. The van der Waals surface area contributed by atoms with E-state index in [1.165, 1.54) is 11.1 Å². The number of carboxylic acid groups (broad SMARTS) is 1. The molecule has 0 spiro atoms. The number of carboxylic acids is 1. The predicted molar refractivity (Wildman–Crippen MR) is 63.9 cm³/mol. The smallest absolute Gasteiger partial charge is 0.303 e. The van der Waals surface area contributed by atoms with E-state index in [1.54, 1.807) is 0 Å². The van der Waals surface area contributed by atoms with Gasteiger partial charge in [0.2, 0.25) is 0 Å². The number of halogens is 1. The minimum absolute atomic E-state index is 0.239. The van der Waals surface area contributed by atoms with Crippen molar-refractivity contribution in [2.45, 2.75) is 32.1 Å². The van der Waals surface area contributed by atoms with Gasteiger partial charge in [0.05, 0.1) is 0 Å². The van der Waals surface area contributed by atoms with Crippen LogP contribution in [0.25, 0.3) is 0 Å². The maximum absolute atomic E-state index is 10.8. The van der Waals surface area contributed by atoms with Crippen molar-refractivity contribution in [3.05, 3.63) is 34.3 Å². The Morgan fingerprint density at radius 3 is 3.00 bits per heavy atom. The molecule has 16 heavy (non-hydrogen) atoms. The molecule has 2 rings (SSSR count). The fourth-order valence-electron chi connectivity index (χ4n) is 2.60. The van der Waals surface area contributed by atoms with Gasteiger partial charge in [-0.2, -0.15) is 0 Å². The normalized spacial score (nSPS) is 23.9. The topological polar surface area (TPSA) is 37.3 Å². The SMILES string of the molecule is CC1c2cccc(Cl)c2CCC1CC(=O)O. The first-order valence-corrected chi connectivity index (χ1v) is 5.96. The van der Waals surface area contributed by atoms with E-state index < -0.39 is 5.97 Å². The molecule has 0 fully saturated rings. The van der Waals surface area contributed by atoms with Crippen LogP contribution in [0.2, 0.25) is 5.02 Å². The maximum Gasteiger partial charge on any atom is 0.303 e. The zero-order chi connectivity index (χ0) is 11.7. The number of aliphatic carboxylic acids is 1. The van der Waals surface area contributed by atoms with Crippen LogP contribution in [0.1, 0.15) is 36.8 Å². The minimum Gasteiger partial charge on any atom is -0.481 e. The quantitative estimate of drug-likeness (QED) is 0.857. The molecule has 1 aromatic rings. The molecule has 0 aromatic heterocycles. The number of benzene rings is 1. The van der Waals surface area contributed by atoms with Crippen molar-refractivity contribution in [1.29, 1.82) is 0 Å². The van der Waals surface area contributed by atoms with E-state index >= 15 is 0 Å². The largest absolute Gasteiger partial charge is 0.481 e. The Hall–Kier alpha value is -1.02. The molecule has 3 heteroatoms. The van der Waals surface area contributed by atoms with Crippen molar-refractivity contribution in [3.63, 3.8) is 0 Å². The van der Waals surface area contributed by atoms with Crippen LogP contribution in [-0.4, -0.2) is 11.1 Å². The van der Waals surface area contributed by atoms with E-state index in [4.69, 9.17) is 16.7 Å². The summed E-state index contributed by atoms with van der Waals surface area (Å²) in [4.78, 5) is 10.8. The molecule has 0 bridgehead atoms. The van der Waals surface area contributed by atoms with Crippen LogP contribution in [0.15, 0.2) is 18.2 Å². The van der Waals surface area contributed by atoms with Gasteiger partial charge in [0.15, 0.2) is 0 Å². The molecule has 0 aliphatic heterocycles. The van der Waals surface area contributed by atoms with Crippen molar-refractivity contribution >= 4 is 17.6 Å². The first-order chi connectivity index (χ1) is 7.59. The Kier molecular flexibility index (Phi) is 3.20. The number of rotatable bonds is 2. The second-order valence-electron chi connectivity index (χ2n) is 4.49. The average molecular weight is 239 g/mol.